The van der Waals surface area contributed by atoms with Crippen molar-refractivity contribution in [2.24, 2.45) is 0 Å². The van der Waals surface area contributed by atoms with Gasteiger partial charge < -0.3 is 0 Å². The molecule has 1 aliphatic carbocycles. The highest BCUT2D eigenvalue weighted by Crippen LogP contribution is 2.57. The Kier molecular flexibility index (Phi) is 3.95. The standard InChI is InChI=1S/C39H26/c1-39(2)33-16-8-15-29(28-21-19-25-18-17-23-9-7-10-24-20-22-31(28)35(25)34(23)24)36(33)37-30-13-5-3-11-26(30)27-12-4-6-14-32(27)38(37)39/h3-22H,1-2H3. The minimum Gasteiger partial charge on any atom is -0.0616 e. The maximum Gasteiger partial charge on any atom is 0.0165 e. The predicted octanol–water partition coefficient (Wildman–Crippen LogP) is 10.9. The molecule has 0 spiro atoms. The lowest BCUT2D eigenvalue weighted by molar-refractivity contribution is 0.666. The average Bonchev–Trinajstić information content (AvgIpc) is 3.23. The van der Waals surface area contributed by atoms with Crippen molar-refractivity contribution in [1.82, 2.24) is 0 Å². The molecule has 0 amide bonds. The fraction of sp³-hybridized carbons (Fsp3) is 0.0769. The second-order valence-corrected chi connectivity index (χ2v) is 11.7. The van der Waals surface area contributed by atoms with Crippen LogP contribution < -0.4 is 0 Å². The van der Waals surface area contributed by atoms with Crippen LogP contribution in [0.3, 0.4) is 0 Å². The molecular weight excluding hydrogens is 468 g/mol. The minimum absolute atomic E-state index is 0.103. The van der Waals surface area contributed by atoms with Crippen LogP contribution in [-0.2, 0) is 5.41 Å². The van der Waals surface area contributed by atoms with E-state index in [1.54, 1.807) is 0 Å². The minimum atomic E-state index is -0.103. The van der Waals surface area contributed by atoms with Gasteiger partial charge in [-0.2, -0.15) is 0 Å². The van der Waals surface area contributed by atoms with Crippen LogP contribution in [0.1, 0.15) is 25.0 Å². The summed E-state index contributed by atoms with van der Waals surface area (Å²) in [7, 11) is 0. The lowest BCUT2D eigenvalue weighted by Crippen LogP contribution is -2.15. The van der Waals surface area contributed by atoms with Crippen LogP contribution in [0, 0.1) is 0 Å². The molecule has 1 aliphatic rings. The Bertz CT molecular complexity index is 2280. The van der Waals surface area contributed by atoms with Gasteiger partial charge in [0.25, 0.3) is 0 Å². The van der Waals surface area contributed by atoms with E-state index < -0.39 is 0 Å². The van der Waals surface area contributed by atoms with Crippen molar-refractivity contribution in [3.63, 3.8) is 0 Å². The van der Waals surface area contributed by atoms with Crippen LogP contribution in [0.4, 0.5) is 0 Å². The van der Waals surface area contributed by atoms with E-state index in [1.807, 2.05) is 0 Å². The van der Waals surface area contributed by atoms with Crippen molar-refractivity contribution in [2.45, 2.75) is 19.3 Å². The molecule has 8 aromatic rings. The summed E-state index contributed by atoms with van der Waals surface area (Å²) < 4.78 is 0. The molecule has 182 valence electrons. The molecule has 0 saturated heterocycles. The molecular formula is C39H26. The zero-order valence-corrected chi connectivity index (χ0v) is 22.0. The van der Waals surface area contributed by atoms with Crippen LogP contribution in [0.25, 0.3) is 76.1 Å². The molecule has 0 fully saturated rings. The van der Waals surface area contributed by atoms with Crippen LogP contribution in [0.2, 0.25) is 0 Å². The molecule has 0 heteroatoms. The zero-order chi connectivity index (χ0) is 25.9. The van der Waals surface area contributed by atoms with Gasteiger partial charge in [0.1, 0.15) is 0 Å². The highest BCUT2D eigenvalue weighted by molar-refractivity contribution is 6.26. The van der Waals surface area contributed by atoms with Crippen molar-refractivity contribution in [3.8, 4) is 22.3 Å². The van der Waals surface area contributed by atoms with Crippen LogP contribution in [0.5, 0.6) is 0 Å². The first-order chi connectivity index (χ1) is 19.1. The van der Waals surface area contributed by atoms with Crippen LogP contribution >= 0.6 is 0 Å². The topological polar surface area (TPSA) is 0 Å². The summed E-state index contributed by atoms with van der Waals surface area (Å²) >= 11 is 0. The largest absolute Gasteiger partial charge is 0.0616 e. The monoisotopic (exact) mass is 494 g/mol. The lowest BCUT2D eigenvalue weighted by Gasteiger charge is -2.24. The molecule has 8 aromatic carbocycles. The third-order valence-corrected chi connectivity index (χ3v) is 9.36. The first-order valence-corrected chi connectivity index (χ1v) is 13.9. The molecule has 0 radical (unpaired) electrons. The van der Waals surface area contributed by atoms with E-state index in [9.17, 15) is 0 Å². The number of rotatable bonds is 1. The van der Waals surface area contributed by atoms with E-state index in [1.165, 1.54) is 87.2 Å². The van der Waals surface area contributed by atoms with Crippen molar-refractivity contribution in [2.75, 3.05) is 0 Å². The molecule has 0 N–H and O–H groups in total. The van der Waals surface area contributed by atoms with Gasteiger partial charge in [-0.15, -0.1) is 0 Å². The number of benzene rings is 8. The summed E-state index contributed by atoms with van der Waals surface area (Å²) in [6, 6.07) is 45.5. The maximum atomic E-state index is 2.41. The molecule has 39 heavy (non-hydrogen) atoms. The Morgan fingerprint density at radius 2 is 0.974 bits per heavy atom. The van der Waals surface area contributed by atoms with Gasteiger partial charge in [-0.1, -0.05) is 135 Å². The summed E-state index contributed by atoms with van der Waals surface area (Å²) in [6.45, 7) is 4.82. The molecule has 0 atom stereocenters. The molecule has 0 saturated carbocycles. The molecule has 0 aromatic heterocycles. The van der Waals surface area contributed by atoms with Gasteiger partial charge in [0.15, 0.2) is 0 Å². The number of hydrogen-bond acceptors (Lipinski definition) is 0. The van der Waals surface area contributed by atoms with Crippen molar-refractivity contribution < 1.29 is 0 Å². The van der Waals surface area contributed by atoms with Gasteiger partial charge in [-0.25, -0.2) is 0 Å². The van der Waals surface area contributed by atoms with Gasteiger partial charge in [-0.3, -0.25) is 0 Å². The normalized spacial score (nSPS) is 14.1. The van der Waals surface area contributed by atoms with E-state index in [-0.39, 0.29) is 5.41 Å². The molecule has 0 heterocycles. The summed E-state index contributed by atoms with van der Waals surface area (Å²) in [5.41, 5.74) is 8.23. The van der Waals surface area contributed by atoms with Crippen molar-refractivity contribution in [3.05, 3.63) is 132 Å². The third kappa shape index (κ3) is 2.59. The fourth-order valence-electron chi connectivity index (χ4n) is 7.72. The predicted molar refractivity (Wildman–Crippen MR) is 168 cm³/mol. The summed E-state index contributed by atoms with van der Waals surface area (Å²) in [5.74, 6) is 0. The van der Waals surface area contributed by atoms with Gasteiger partial charge in [0, 0.05) is 5.41 Å². The van der Waals surface area contributed by atoms with E-state index >= 15 is 0 Å². The van der Waals surface area contributed by atoms with Gasteiger partial charge >= 0.3 is 0 Å². The Morgan fingerprint density at radius 3 is 1.74 bits per heavy atom. The summed E-state index contributed by atoms with van der Waals surface area (Å²) in [5, 5.41) is 13.4. The van der Waals surface area contributed by atoms with Crippen LogP contribution in [0.15, 0.2) is 121 Å². The average molecular weight is 495 g/mol. The van der Waals surface area contributed by atoms with Crippen molar-refractivity contribution >= 4 is 53.9 Å². The van der Waals surface area contributed by atoms with E-state index in [2.05, 4.69) is 135 Å². The Morgan fingerprint density at radius 1 is 0.385 bits per heavy atom. The van der Waals surface area contributed by atoms with Gasteiger partial charge in [0.2, 0.25) is 0 Å². The Hall–Kier alpha value is -4.68. The highest BCUT2D eigenvalue weighted by Gasteiger charge is 2.39. The SMILES string of the molecule is CC1(C)c2cccc(-c3ccc4ccc5cccc6ccc3c4c56)c2-c2c1c1ccccc1c1ccccc21. The summed E-state index contributed by atoms with van der Waals surface area (Å²) in [6.07, 6.45) is 0. The second kappa shape index (κ2) is 7.24. The summed E-state index contributed by atoms with van der Waals surface area (Å²) in [4.78, 5) is 0. The maximum absolute atomic E-state index is 2.41. The molecule has 0 bridgehead atoms. The molecule has 0 unspecified atom stereocenters. The van der Waals surface area contributed by atoms with Crippen LogP contribution in [-0.4, -0.2) is 0 Å². The zero-order valence-electron chi connectivity index (χ0n) is 22.0. The van der Waals surface area contributed by atoms with Gasteiger partial charge in [0.05, 0.1) is 0 Å². The second-order valence-electron chi connectivity index (χ2n) is 11.7. The highest BCUT2D eigenvalue weighted by atomic mass is 14.4. The van der Waals surface area contributed by atoms with E-state index in [0.717, 1.165) is 0 Å². The van der Waals surface area contributed by atoms with E-state index in [0.29, 0.717) is 0 Å². The first-order valence-electron chi connectivity index (χ1n) is 13.9. The first kappa shape index (κ1) is 21.3. The fourth-order valence-corrected chi connectivity index (χ4v) is 7.72. The molecule has 9 rings (SSSR count). The Balaban J connectivity index is 1.47. The Labute approximate surface area is 227 Å². The van der Waals surface area contributed by atoms with Gasteiger partial charge in [-0.05, 0) is 87.2 Å². The lowest BCUT2D eigenvalue weighted by atomic mass is 9.79. The quantitative estimate of drug-likeness (QED) is 0.199. The third-order valence-electron chi connectivity index (χ3n) is 9.36. The molecule has 0 aliphatic heterocycles. The van der Waals surface area contributed by atoms with Crippen molar-refractivity contribution in [1.29, 1.82) is 0 Å². The number of hydrogen-bond donors (Lipinski definition) is 0. The molecule has 0 nitrogen and oxygen atoms in total. The van der Waals surface area contributed by atoms with E-state index in [4.69, 9.17) is 0 Å². The smallest absolute Gasteiger partial charge is 0.0165 e. The number of fused-ring (bicyclic) bond motifs is 8.